The minimum absolute atomic E-state index is 0.0139. The molecule has 1 N–H and O–H groups in total. The molecule has 0 atom stereocenters. The van der Waals surface area contributed by atoms with Crippen molar-refractivity contribution in [3.63, 3.8) is 0 Å². The van der Waals surface area contributed by atoms with Gasteiger partial charge in [-0.2, -0.15) is 0 Å². The second-order valence-corrected chi connectivity index (χ2v) is 4.03. The van der Waals surface area contributed by atoms with E-state index in [4.69, 9.17) is 6.42 Å². The van der Waals surface area contributed by atoms with Gasteiger partial charge in [0.25, 0.3) is 0 Å². The Hall–Kier alpha value is -1.38. The highest BCUT2D eigenvalue weighted by molar-refractivity contribution is 7.14. The minimum Gasteiger partial charge on any atom is -0.301 e. The molecule has 0 aliphatic heterocycles. The summed E-state index contributed by atoms with van der Waals surface area (Å²) < 4.78 is 0. The molecule has 0 unspecified atom stereocenters. The van der Waals surface area contributed by atoms with E-state index in [1.54, 1.807) is 11.8 Å². The molecule has 1 amide bonds. The second kappa shape index (κ2) is 6.26. The first-order valence-electron chi connectivity index (χ1n) is 5.05. The van der Waals surface area contributed by atoms with Crippen LogP contribution in [-0.4, -0.2) is 24.0 Å². The number of nitrogens with zero attached hydrogens (tertiary/aromatic N) is 2. The number of hydrogen-bond donors (Lipinski definition) is 1. The van der Waals surface area contributed by atoms with Crippen molar-refractivity contribution in [2.45, 2.75) is 20.4 Å². The number of terminal acetylenes is 1. The topological polar surface area (TPSA) is 45.2 Å². The highest BCUT2D eigenvalue weighted by atomic mass is 32.1. The summed E-state index contributed by atoms with van der Waals surface area (Å²) in [4.78, 5) is 17.3. The van der Waals surface area contributed by atoms with Crippen LogP contribution in [0, 0.1) is 12.3 Å². The van der Waals surface area contributed by atoms with E-state index >= 15 is 0 Å². The molecule has 1 aromatic rings. The number of aromatic nitrogens is 1. The van der Waals surface area contributed by atoms with E-state index in [1.807, 2.05) is 12.3 Å². The summed E-state index contributed by atoms with van der Waals surface area (Å²) in [6, 6.07) is 0. The largest absolute Gasteiger partial charge is 0.301 e. The summed E-state index contributed by atoms with van der Waals surface area (Å²) in [6.07, 6.45) is 5.12. The van der Waals surface area contributed by atoms with Gasteiger partial charge in [0.05, 0.1) is 12.2 Å². The van der Waals surface area contributed by atoms with Crippen LogP contribution in [0.4, 0.5) is 5.13 Å². The van der Waals surface area contributed by atoms with Gasteiger partial charge < -0.3 is 5.32 Å². The zero-order valence-electron chi connectivity index (χ0n) is 9.49. The van der Waals surface area contributed by atoms with Crippen LogP contribution in [0.5, 0.6) is 0 Å². The predicted octanol–water partition coefficient (Wildman–Crippen LogP) is 1.24. The summed E-state index contributed by atoms with van der Waals surface area (Å²) in [5, 5.41) is 5.73. The average Bonchev–Trinajstić information content (AvgIpc) is 2.67. The van der Waals surface area contributed by atoms with E-state index in [9.17, 15) is 4.79 Å². The summed E-state index contributed by atoms with van der Waals surface area (Å²) in [6.45, 7) is 5.27. The standard InChI is InChI=1S/C11H15N3OS/c1-4-6-12-7-10-8-16-11(13-10)14(5-2)9(3)15/h1,8,12H,5-7H2,2-3H3. The molecule has 0 saturated carbocycles. The van der Waals surface area contributed by atoms with Crippen molar-refractivity contribution in [3.8, 4) is 12.3 Å². The highest BCUT2D eigenvalue weighted by Crippen LogP contribution is 2.20. The van der Waals surface area contributed by atoms with Crippen LogP contribution in [0.2, 0.25) is 0 Å². The predicted molar refractivity (Wildman–Crippen MR) is 66.4 cm³/mol. The normalized spacial score (nSPS) is 9.81. The highest BCUT2D eigenvalue weighted by Gasteiger charge is 2.12. The number of thiazole rings is 1. The van der Waals surface area contributed by atoms with Crippen molar-refractivity contribution in [1.82, 2.24) is 10.3 Å². The number of rotatable bonds is 5. The van der Waals surface area contributed by atoms with Crippen LogP contribution in [0.1, 0.15) is 19.5 Å². The Labute approximate surface area is 99.7 Å². The van der Waals surface area contributed by atoms with E-state index in [2.05, 4.69) is 16.2 Å². The van der Waals surface area contributed by atoms with Crippen LogP contribution in [0.15, 0.2) is 5.38 Å². The van der Waals surface area contributed by atoms with Crippen LogP contribution in [-0.2, 0) is 11.3 Å². The number of carbonyl (C=O) groups excluding carboxylic acids is 1. The van der Waals surface area contributed by atoms with E-state index in [0.717, 1.165) is 10.8 Å². The van der Waals surface area contributed by atoms with Gasteiger partial charge in [0.2, 0.25) is 5.91 Å². The van der Waals surface area contributed by atoms with E-state index in [0.29, 0.717) is 19.6 Å². The summed E-state index contributed by atoms with van der Waals surface area (Å²) in [7, 11) is 0. The molecule has 0 aliphatic rings. The van der Waals surface area contributed by atoms with Crippen molar-refractivity contribution in [1.29, 1.82) is 0 Å². The fourth-order valence-corrected chi connectivity index (χ4v) is 2.19. The molecule has 1 heterocycles. The zero-order chi connectivity index (χ0) is 12.0. The van der Waals surface area contributed by atoms with Crippen LogP contribution in [0.3, 0.4) is 0 Å². The smallest absolute Gasteiger partial charge is 0.225 e. The number of amides is 1. The quantitative estimate of drug-likeness (QED) is 0.619. The van der Waals surface area contributed by atoms with Crippen LogP contribution in [0.25, 0.3) is 0 Å². The number of carbonyl (C=O) groups is 1. The maximum Gasteiger partial charge on any atom is 0.225 e. The van der Waals surface area contributed by atoms with Crippen molar-refractivity contribution < 1.29 is 4.79 Å². The van der Waals surface area contributed by atoms with Crippen LogP contribution >= 0.6 is 11.3 Å². The number of hydrogen-bond acceptors (Lipinski definition) is 4. The van der Waals surface area contributed by atoms with E-state index < -0.39 is 0 Å². The Bertz CT molecular complexity index is 394. The van der Waals surface area contributed by atoms with Gasteiger partial charge in [0, 0.05) is 25.4 Å². The Morgan fingerprint density at radius 2 is 2.50 bits per heavy atom. The molecular formula is C11H15N3OS. The molecule has 0 fully saturated rings. The average molecular weight is 237 g/mol. The molecule has 0 aromatic carbocycles. The molecule has 86 valence electrons. The molecule has 1 rings (SSSR count). The van der Waals surface area contributed by atoms with Gasteiger partial charge in [0.15, 0.2) is 5.13 Å². The monoisotopic (exact) mass is 237 g/mol. The lowest BCUT2D eigenvalue weighted by Gasteiger charge is -2.14. The maximum absolute atomic E-state index is 11.3. The van der Waals surface area contributed by atoms with Crippen LogP contribution < -0.4 is 10.2 Å². The molecule has 0 spiro atoms. The third kappa shape index (κ3) is 3.33. The Balaban J connectivity index is 2.63. The molecule has 4 nitrogen and oxygen atoms in total. The van der Waals surface area contributed by atoms with Crippen molar-refractivity contribution in [2.75, 3.05) is 18.0 Å². The lowest BCUT2D eigenvalue weighted by atomic mass is 10.5. The van der Waals surface area contributed by atoms with Crippen molar-refractivity contribution >= 4 is 22.4 Å². The fraction of sp³-hybridized carbons (Fsp3) is 0.455. The molecule has 0 bridgehead atoms. The minimum atomic E-state index is 0.0139. The number of anilines is 1. The maximum atomic E-state index is 11.3. The Morgan fingerprint density at radius 3 is 3.06 bits per heavy atom. The zero-order valence-corrected chi connectivity index (χ0v) is 10.3. The molecule has 1 aromatic heterocycles. The van der Waals surface area contributed by atoms with Gasteiger partial charge in [-0.25, -0.2) is 4.98 Å². The first-order valence-corrected chi connectivity index (χ1v) is 5.93. The molecule has 0 saturated heterocycles. The molecule has 16 heavy (non-hydrogen) atoms. The van der Waals surface area contributed by atoms with Gasteiger partial charge in [-0.3, -0.25) is 9.69 Å². The van der Waals surface area contributed by atoms with Gasteiger partial charge in [-0.15, -0.1) is 17.8 Å². The molecule has 0 aliphatic carbocycles. The van der Waals surface area contributed by atoms with E-state index in [1.165, 1.54) is 11.3 Å². The first kappa shape index (κ1) is 12.7. The van der Waals surface area contributed by atoms with E-state index in [-0.39, 0.29) is 5.91 Å². The van der Waals surface area contributed by atoms with Gasteiger partial charge >= 0.3 is 0 Å². The molecule has 0 radical (unpaired) electrons. The van der Waals surface area contributed by atoms with Gasteiger partial charge in [-0.05, 0) is 6.92 Å². The SMILES string of the molecule is C#CCNCc1csc(N(CC)C(C)=O)n1. The van der Waals surface area contributed by atoms with Gasteiger partial charge in [-0.1, -0.05) is 5.92 Å². The summed E-state index contributed by atoms with van der Waals surface area (Å²) in [5.41, 5.74) is 0.912. The molecular weight excluding hydrogens is 222 g/mol. The van der Waals surface area contributed by atoms with Crippen molar-refractivity contribution in [3.05, 3.63) is 11.1 Å². The summed E-state index contributed by atoms with van der Waals surface area (Å²) >= 11 is 1.47. The lowest BCUT2D eigenvalue weighted by Crippen LogP contribution is -2.27. The summed E-state index contributed by atoms with van der Waals surface area (Å²) in [5.74, 6) is 2.51. The fourth-order valence-electron chi connectivity index (χ4n) is 1.26. The Morgan fingerprint density at radius 1 is 1.75 bits per heavy atom. The number of nitrogens with one attached hydrogen (secondary N) is 1. The Kier molecular flexibility index (Phi) is 4.96. The van der Waals surface area contributed by atoms with Crippen molar-refractivity contribution in [2.24, 2.45) is 0 Å². The third-order valence-corrected chi connectivity index (χ3v) is 2.91. The van der Waals surface area contributed by atoms with Gasteiger partial charge in [0.1, 0.15) is 0 Å². The third-order valence-electron chi connectivity index (χ3n) is 2.00. The molecule has 5 heteroatoms. The second-order valence-electron chi connectivity index (χ2n) is 3.19. The lowest BCUT2D eigenvalue weighted by molar-refractivity contribution is -0.116. The first-order chi connectivity index (χ1) is 7.69.